The van der Waals surface area contributed by atoms with Gasteiger partial charge in [0.1, 0.15) is 5.75 Å². The van der Waals surface area contributed by atoms with Crippen molar-refractivity contribution in [3.63, 3.8) is 0 Å². The molecule has 25 heavy (non-hydrogen) atoms. The van der Waals surface area contributed by atoms with Crippen LogP contribution in [0.4, 0.5) is 0 Å². The van der Waals surface area contributed by atoms with Gasteiger partial charge in [-0.25, -0.2) is 0 Å². The molecule has 0 saturated carbocycles. The summed E-state index contributed by atoms with van der Waals surface area (Å²) in [5.41, 5.74) is 1.25. The van der Waals surface area contributed by atoms with Crippen molar-refractivity contribution in [1.29, 1.82) is 0 Å². The second-order valence-electron chi connectivity index (χ2n) is 6.16. The van der Waals surface area contributed by atoms with E-state index in [4.69, 9.17) is 4.74 Å². The minimum atomic E-state index is -0.0434. The lowest BCUT2D eigenvalue weighted by atomic mass is 10.0. The van der Waals surface area contributed by atoms with Crippen molar-refractivity contribution in [3.8, 4) is 5.75 Å². The molecule has 5 nitrogen and oxygen atoms in total. The Morgan fingerprint density at radius 2 is 1.76 bits per heavy atom. The van der Waals surface area contributed by atoms with Crippen LogP contribution in [-0.4, -0.2) is 49.4 Å². The van der Waals surface area contributed by atoms with Gasteiger partial charge in [0.25, 0.3) is 5.91 Å². The third-order valence-electron chi connectivity index (χ3n) is 4.49. The van der Waals surface area contributed by atoms with Gasteiger partial charge in [0, 0.05) is 30.8 Å². The minimum absolute atomic E-state index is 0.00101. The summed E-state index contributed by atoms with van der Waals surface area (Å²) in [5.74, 6) is 0.505. The number of nitrogens with one attached hydrogen (secondary N) is 1. The van der Waals surface area contributed by atoms with Crippen LogP contribution in [0.5, 0.6) is 5.75 Å². The van der Waals surface area contributed by atoms with Crippen LogP contribution in [0.1, 0.15) is 22.3 Å². The average molecular weight is 338 g/mol. The molecule has 0 radical (unpaired) electrons. The lowest BCUT2D eigenvalue weighted by Gasteiger charge is -2.23. The van der Waals surface area contributed by atoms with Crippen molar-refractivity contribution in [2.24, 2.45) is 0 Å². The molecule has 2 aromatic carbocycles. The van der Waals surface area contributed by atoms with E-state index in [9.17, 15) is 9.59 Å². The number of ketones is 1. The Morgan fingerprint density at radius 3 is 2.40 bits per heavy atom. The number of ether oxygens (including phenoxy) is 1. The average Bonchev–Trinajstić information content (AvgIpc) is 3.21. The number of nitrogens with zero attached hydrogens (tertiary/aromatic N) is 1. The van der Waals surface area contributed by atoms with E-state index < -0.39 is 0 Å². The van der Waals surface area contributed by atoms with Crippen molar-refractivity contribution in [1.82, 2.24) is 10.2 Å². The Hall–Kier alpha value is -2.66. The number of amides is 1. The summed E-state index contributed by atoms with van der Waals surface area (Å²) in [6, 6.07) is 16.3. The van der Waals surface area contributed by atoms with E-state index >= 15 is 0 Å². The monoisotopic (exact) mass is 338 g/mol. The quantitative estimate of drug-likeness (QED) is 0.820. The fraction of sp³-hybridized carbons (Fsp3) is 0.300. The van der Waals surface area contributed by atoms with Crippen molar-refractivity contribution in [2.75, 3.05) is 26.7 Å². The predicted octanol–water partition coefficient (Wildman–Crippen LogP) is 2.12. The highest BCUT2D eigenvalue weighted by molar-refractivity contribution is 6.08. The first kappa shape index (κ1) is 17.2. The summed E-state index contributed by atoms with van der Waals surface area (Å²) in [6.07, 6.45) is 0.971. The Morgan fingerprint density at radius 1 is 1.08 bits per heavy atom. The predicted molar refractivity (Wildman–Crippen MR) is 95.9 cm³/mol. The molecule has 0 aromatic heterocycles. The molecule has 1 aliphatic rings. The van der Waals surface area contributed by atoms with Crippen LogP contribution in [-0.2, 0) is 4.79 Å². The molecular weight excluding hydrogens is 316 g/mol. The maximum atomic E-state index is 12.4. The van der Waals surface area contributed by atoms with E-state index in [1.54, 1.807) is 41.3 Å². The second kappa shape index (κ2) is 7.94. The van der Waals surface area contributed by atoms with E-state index in [2.05, 4.69) is 5.32 Å². The summed E-state index contributed by atoms with van der Waals surface area (Å²) in [6.45, 7) is 1.78. The molecule has 1 N–H and O–H groups in total. The Balaban J connectivity index is 1.55. The van der Waals surface area contributed by atoms with Crippen LogP contribution >= 0.6 is 0 Å². The normalized spacial score (nSPS) is 16.4. The van der Waals surface area contributed by atoms with E-state index in [-0.39, 0.29) is 24.3 Å². The van der Waals surface area contributed by atoms with Crippen LogP contribution in [0.3, 0.4) is 0 Å². The smallest absolute Gasteiger partial charge is 0.260 e. The molecule has 1 unspecified atom stereocenters. The molecule has 3 rings (SSSR count). The van der Waals surface area contributed by atoms with Gasteiger partial charge in [0.2, 0.25) is 0 Å². The molecule has 5 heteroatoms. The van der Waals surface area contributed by atoms with Crippen molar-refractivity contribution in [3.05, 3.63) is 65.7 Å². The first-order chi connectivity index (χ1) is 12.1. The van der Waals surface area contributed by atoms with Crippen LogP contribution in [0.25, 0.3) is 0 Å². The first-order valence-electron chi connectivity index (χ1n) is 8.44. The second-order valence-corrected chi connectivity index (χ2v) is 6.16. The highest BCUT2D eigenvalue weighted by Gasteiger charge is 2.23. The number of carbonyl (C=O) groups excluding carboxylic acids is 2. The summed E-state index contributed by atoms with van der Waals surface area (Å²) in [7, 11) is 1.81. The van der Waals surface area contributed by atoms with Gasteiger partial charge in [0.15, 0.2) is 12.4 Å². The van der Waals surface area contributed by atoms with Gasteiger partial charge in [-0.1, -0.05) is 30.3 Å². The summed E-state index contributed by atoms with van der Waals surface area (Å²) < 4.78 is 5.57. The lowest BCUT2D eigenvalue weighted by molar-refractivity contribution is -0.133. The van der Waals surface area contributed by atoms with Gasteiger partial charge in [-0.3, -0.25) is 9.59 Å². The minimum Gasteiger partial charge on any atom is -0.484 e. The summed E-state index contributed by atoms with van der Waals surface area (Å²) in [5, 5.41) is 3.25. The van der Waals surface area contributed by atoms with E-state index in [1.165, 1.54) is 0 Å². The van der Waals surface area contributed by atoms with Gasteiger partial charge in [-0.05, 0) is 37.2 Å². The van der Waals surface area contributed by atoms with Crippen LogP contribution in [0.15, 0.2) is 54.6 Å². The molecule has 1 heterocycles. The first-order valence-corrected chi connectivity index (χ1v) is 8.44. The van der Waals surface area contributed by atoms with Crippen LogP contribution in [0, 0.1) is 0 Å². The Labute approximate surface area is 147 Å². The number of rotatable bonds is 6. The molecule has 1 fully saturated rings. The maximum Gasteiger partial charge on any atom is 0.260 e. The van der Waals surface area contributed by atoms with Gasteiger partial charge in [0.05, 0.1) is 0 Å². The van der Waals surface area contributed by atoms with Crippen LogP contribution in [0.2, 0.25) is 0 Å². The van der Waals surface area contributed by atoms with Gasteiger partial charge in [-0.2, -0.15) is 0 Å². The number of benzene rings is 2. The zero-order chi connectivity index (χ0) is 17.6. The SMILES string of the molecule is CN(C(=O)COc1ccc(C(=O)c2ccccc2)cc1)C1CCNC1. The Kier molecular flexibility index (Phi) is 5.46. The molecular formula is C20H22N2O3. The molecule has 130 valence electrons. The van der Waals surface area contributed by atoms with E-state index in [0.29, 0.717) is 16.9 Å². The standard InChI is InChI=1S/C20H22N2O3/c1-22(17-11-12-21-13-17)19(23)14-25-18-9-7-16(8-10-18)20(24)15-5-3-2-4-6-15/h2-10,17,21H,11-14H2,1H3. The molecule has 1 atom stereocenters. The maximum absolute atomic E-state index is 12.4. The summed E-state index contributed by atoms with van der Waals surface area (Å²) >= 11 is 0. The number of carbonyl (C=O) groups is 2. The van der Waals surface area contributed by atoms with E-state index in [1.807, 2.05) is 25.2 Å². The lowest BCUT2D eigenvalue weighted by Crippen LogP contribution is -2.40. The van der Waals surface area contributed by atoms with Gasteiger partial charge >= 0.3 is 0 Å². The molecule has 0 spiro atoms. The number of hydrogen-bond acceptors (Lipinski definition) is 4. The molecule has 1 amide bonds. The highest BCUT2D eigenvalue weighted by Crippen LogP contribution is 2.16. The molecule has 1 saturated heterocycles. The van der Waals surface area contributed by atoms with Crippen molar-refractivity contribution < 1.29 is 14.3 Å². The zero-order valence-corrected chi connectivity index (χ0v) is 14.3. The number of likely N-dealkylation sites (N-methyl/N-ethyl adjacent to an activating group) is 1. The molecule has 0 bridgehead atoms. The topological polar surface area (TPSA) is 58.6 Å². The summed E-state index contributed by atoms with van der Waals surface area (Å²) in [4.78, 5) is 26.3. The van der Waals surface area contributed by atoms with Crippen molar-refractivity contribution >= 4 is 11.7 Å². The fourth-order valence-corrected chi connectivity index (χ4v) is 2.88. The highest BCUT2D eigenvalue weighted by atomic mass is 16.5. The third kappa shape index (κ3) is 4.25. The Bertz CT molecular complexity index is 722. The van der Waals surface area contributed by atoms with Gasteiger partial charge in [-0.15, -0.1) is 0 Å². The number of hydrogen-bond donors (Lipinski definition) is 1. The molecule has 0 aliphatic carbocycles. The van der Waals surface area contributed by atoms with Crippen molar-refractivity contribution in [2.45, 2.75) is 12.5 Å². The zero-order valence-electron chi connectivity index (χ0n) is 14.3. The third-order valence-corrected chi connectivity index (χ3v) is 4.49. The fourth-order valence-electron chi connectivity index (χ4n) is 2.88. The molecule has 1 aliphatic heterocycles. The molecule has 2 aromatic rings. The van der Waals surface area contributed by atoms with E-state index in [0.717, 1.165) is 19.5 Å². The van der Waals surface area contributed by atoms with Crippen LogP contribution < -0.4 is 10.1 Å². The largest absolute Gasteiger partial charge is 0.484 e. The van der Waals surface area contributed by atoms with Gasteiger partial charge < -0.3 is 15.0 Å².